The Labute approximate surface area is 135 Å². The molecule has 1 aromatic heterocycles. The Morgan fingerprint density at radius 3 is 2.80 bits per heavy atom. The molecular formula is C12H15INO4S2+. The van der Waals surface area contributed by atoms with E-state index in [4.69, 9.17) is 9.29 Å². The molecule has 0 aliphatic heterocycles. The van der Waals surface area contributed by atoms with Crippen LogP contribution in [0.1, 0.15) is 11.4 Å². The highest BCUT2D eigenvalue weighted by Gasteiger charge is 2.20. The largest absolute Gasteiger partial charge is 0.497 e. The first-order valence-electron chi connectivity index (χ1n) is 5.95. The van der Waals surface area contributed by atoms with Gasteiger partial charge < -0.3 is 4.74 Å². The Kier molecular flexibility index (Phi) is 5.21. The molecule has 0 bridgehead atoms. The Balaban J connectivity index is 2.33. The van der Waals surface area contributed by atoms with Gasteiger partial charge >= 0.3 is 0 Å². The normalized spacial score (nSPS) is 11.9. The molecule has 1 heterocycles. The van der Waals surface area contributed by atoms with Crippen LogP contribution in [0.15, 0.2) is 18.2 Å². The molecule has 0 radical (unpaired) electrons. The van der Waals surface area contributed by atoms with E-state index < -0.39 is 10.1 Å². The highest BCUT2D eigenvalue weighted by molar-refractivity contribution is 14.1. The van der Waals surface area contributed by atoms with E-state index in [9.17, 15) is 8.42 Å². The van der Waals surface area contributed by atoms with E-state index in [-0.39, 0.29) is 5.75 Å². The lowest BCUT2D eigenvalue weighted by molar-refractivity contribution is -0.673. The van der Waals surface area contributed by atoms with Gasteiger partial charge in [0.05, 0.1) is 23.4 Å². The maximum absolute atomic E-state index is 10.8. The van der Waals surface area contributed by atoms with Gasteiger partial charge in [0.25, 0.3) is 10.1 Å². The summed E-state index contributed by atoms with van der Waals surface area (Å²) in [5.74, 6) is 0.556. The molecule has 8 heteroatoms. The molecule has 0 unspecified atom stereocenters. The average Bonchev–Trinajstić information content (AvgIpc) is 2.74. The number of rotatable bonds is 6. The molecule has 0 saturated heterocycles. The average molecular weight is 428 g/mol. The Morgan fingerprint density at radius 2 is 2.20 bits per heavy atom. The number of aryl methyl sites for hydroxylation is 1. The summed E-state index contributed by atoms with van der Waals surface area (Å²) in [5, 5.41) is 1.17. The standard InChI is InChI=1S/C12H14INO4S2/c1-18-9-3-4-11-10(7-9)14(12(8-13)19-11)5-2-6-20(15,16)17/h3-4,7H,2,5-6,8H2,1H3/p+1. The van der Waals surface area contributed by atoms with Gasteiger partial charge in [-0.3, -0.25) is 4.55 Å². The van der Waals surface area contributed by atoms with E-state index in [2.05, 4.69) is 27.2 Å². The smallest absolute Gasteiger partial charge is 0.265 e. The van der Waals surface area contributed by atoms with Crippen molar-refractivity contribution in [2.24, 2.45) is 0 Å². The second-order valence-corrected chi connectivity index (χ2v) is 7.70. The number of methoxy groups -OCH3 is 1. The van der Waals surface area contributed by atoms with Gasteiger partial charge in [-0.2, -0.15) is 13.0 Å². The van der Waals surface area contributed by atoms with Crippen LogP contribution >= 0.6 is 33.9 Å². The first-order valence-corrected chi connectivity index (χ1v) is 9.90. The first kappa shape index (κ1) is 15.9. The van der Waals surface area contributed by atoms with Crippen LogP contribution < -0.4 is 9.30 Å². The maximum atomic E-state index is 10.8. The fraction of sp³-hybridized carbons (Fsp3) is 0.417. The predicted molar refractivity (Wildman–Crippen MR) is 87.3 cm³/mol. The van der Waals surface area contributed by atoms with Crippen molar-refractivity contribution < 1.29 is 22.3 Å². The van der Waals surface area contributed by atoms with Crippen molar-refractivity contribution in [2.45, 2.75) is 17.4 Å². The molecule has 5 nitrogen and oxygen atoms in total. The third-order valence-electron chi connectivity index (χ3n) is 2.88. The monoisotopic (exact) mass is 428 g/mol. The number of alkyl halides is 1. The Bertz CT molecular complexity index is 712. The van der Waals surface area contributed by atoms with Crippen LogP contribution in [0.4, 0.5) is 0 Å². The Hall–Kier alpha value is -0.450. The fourth-order valence-corrected chi connectivity index (χ4v) is 4.38. The molecule has 0 amide bonds. The molecule has 0 fully saturated rings. The topological polar surface area (TPSA) is 67.5 Å². The first-order chi connectivity index (χ1) is 9.44. The highest BCUT2D eigenvalue weighted by atomic mass is 127. The zero-order valence-electron chi connectivity index (χ0n) is 10.9. The van der Waals surface area contributed by atoms with Crippen LogP contribution in [0.25, 0.3) is 10.2 Å². The number of halogens is 1. The Morgan fingerprint density at radius 1 is 1.45 bits per heavy atom. The second kappa shape index (κ2) is 6.54. The number of benzene rings is 1. The number of fused-ring (bicyclic) bond motifs is 1. The van der Waals surface area contributed by atoms with E-state index in [1.807, 2.05) is 18.2 Å². The summed E-state index contributed by atoms with van der Waals surface area (Å²) in [5.41, 5.74) is 1.04. The molecule has 0 saturated carbocycles. The molecule has 110 valence electrons. The zero-order chi connectivity index (χ0) is 14.8. The van der Waals surface area contributed by atoms with Crippen molar-refractivity contribution in [3.63, 3.8) is 0 Å². The van der Waals surface area contributed by atoms with Crippen molar-refractivity contribution in [1.29, 1.82) is 0 Å². The molecule has 0 atom stereocenters. The maximum Gasteiger partial charge on any atom is 0.265 e. The molecular weight excluding hydrogens is 413 g/mol. The van der Waals surface area contributed by atoms with Gasteiger partial charge in [0, 0.05) is 6.42 Å². The van der Waals surface area contributed by atoms with Gasteiger partial charge in [0.1, 0.15) is 10.4 Å². The van der Waals surface area contributed by atoms with Crippen LogP contribution in [0.2, 0.25) is 0 Å². The highest BCUT2D eigenvalue weighted by Crippen LogP contribution is 2.26. The SMILES string of the molecule is COc1ccc2sc(CI)[n+](CCCS(=O)(=O)O)c2c1. The summed E-state index contributed by atoms with van der Waals surface area (Å²) in [6, 6.07) is 5.88. The van der Waals surface area contributed by atoms with E-state index in [1.165, 1.54) is 5.01 Å². The van der Waals surface area contributed by atoms with Gasteiger partial charge in [0.15, 0.2) is 6.54 Å². The van der Waals surface area contributed by atoms with Crippen LogP contribution in [-0.4, -0.2) is 25.8 Å². The summed E-state index contributed by atoms with van der Waals surface area (Å²) in [7, 11) is -2.28. The van der Waals surface area contributed by atoms with Gasteiger partial charge in [-0.25, -0.2) is 0 Å². The molecule has 0 aliphatic carbocycles. The van der Waals surface area contributed by atoms with Crippen LogP contribution in [-0.2, 0) is 21.1 Å². The summed E-state index contributed by atoms with van der Waals surface area (Å²) in [6.45, 7) is 0.561. The van der Waals surface area contributed by atoms with E-state index in [0.29, 0.717) is 13.0 Å². The minimum atomic E-state index is -3.90. The van der Waals surface area contributed by atoms with E-state index >= 15 is 0 Å². The van der Waals surface area contributed by atoms with Crippen molar-refractivity contribution in [2.75, 3.05) is 12.9 Å². The molecule has 2 rings (SSSR count). The number of hydrogen-bond donors (Lipinski definition) is 1. The summed E-state index contributed by atoms with van der Waals surface area (Å²) >= 11 is 3.98. The van der Waals surface area contributed by atoms with Crippen LogP contribution in [0.3, 0.4) is 0 Å². The number of thiazole rings is 1. The molecule has 2 aromatic rings. The van der Waals surface area contributed by atoms with Gasteiger partial charge in [-0.1, -0.05) is 33.9 Å². The lowest BCUT2D eigenvalue weighted by Crippen LogP contribution is -2.36. The van der Waals surface area contributed by atoms with Gasteiger partial charge in [-0.15, -0.1) is 0 Å². The van der Waals surface area contributed by atoms with E-state index in [1.54, 1.807) is 18.4 Å². The van der Waals surface area contributed by atoms with Crippen LogP contribution in [0.5, 0.6) is 5.75 Å². The van der Waals surface area contributed by atoms with Crippen molar-refractivity contribution in [1.82, 2.24) is 0 Å². The quantitative estimate of drug-likeness (QED) is 0.332. The third kappa shape index (κ3) is 3.80. The fourth-order valence-electron chi connectivity index (χ4n) is 1.99. The minimum Gasteiger partial charge on any atom is -0.497 e. The predicted octanol–water partition coefficient (Wildman–Crippen LogP) is 2.41. The molecule has 20 heavy (non-hydrogen) atoms. The second-order valence-electron chi connectivity index (χ2n) is 4.25. The lowest BCUT2D eigenvalue weighted by atomic mass is 10.3. The number of nitrogens with zero attached hydrogens (tertiary/aromatic N) is 1. The van der Waals surface area contributed by atoms with Gasteiger partial charge in [-0.05, 0) is 12.1 Å². The minimum absolute atomic E-state index is 0.220. The van der Waals surface area contributed by atoms with E-state index in [0.717, 1.165) is 20.4 Å². The summed E-state index contributed by atoms with van der Waals surface area (Å²) < 4.78 is 39.7. The lowest BCUT2D eigenvalue weighted by Gasteiger charge is -1.99. The van der Waals surface area contributed by atoms with Crippen molar-refractivity contribution in [3.05, 3.63) is 23.2 Å². The van der Waals surface area contributed by atoms with Crippen molar-refractivity contribution in [3.8, 4) is 5.75 Å². The summed E-state index contributed by atoms with van der Waals surface area (Å²) in [4.78, 5) is 0. The molecule has 1 aromatic carbocycles. The molecule has 0 aliphatic rings. The zero-order valence-corrected chi connectivity index (χ0v) is 14.7. The molecule has 0 spiro atoms. The van der Waals surface area contributed by atoms with Gasteiger partial charge in [0.2, 0.25) is 10.5 Å². The van der Waals surface area contributed by atoms with Crippen LogP contribution in [0, 0.1) is 0 Å². The van der Waals surface area contributed by atoms with Crippen molar-refractivity contribution >= 4 is 54.3 Å². The third-order valence-corrected chi connectivity index (χ3v) is 6.09. The summed E-state index contributed by atoms with van der Waals surface area (Å²) in [6.07, 6.45) is 0.385. The molecule has 1 N–H and O–H groups in total. The number of aromatic nitrogens is 1. The number of hydrogen-bond acceptors (Lipinski definition) is 4. The number of ether oxygens (including phenoxy) is 1.